The second-order valence-corrected chi connectivity index (χ2v) is 5.79. The number of nitrogens with one attached hydrogen (secondary N) is 2. The van der Waals surface area contributed by atoms with Crippen LogP contribution in [0.5, 0.6) is 0 Å². The van der Waals surface area contributed by atoms with Crippen LogP contribution >= 0.6 is 0 Å². The fourth-order valence-electron chi connectivity index (χ4n) is 3.04. The first-order valence-electron chi connectivity index (χ1n) is 7.08. The molecule has 1 aromatic rings. The van der Waals surface area contributed by atoms with Gasteiger partial charge in [-0.05, 0) is 64.3 Å². The molecule has 1 amide bonds. The highest BCUT2D eigenvalue weighted by atomic mass is 16.1. The number of rotatable bonds is 3. The first kappa shape index (κ1) is 14.1. The highest BCUT2D eigenvalue weighted by Gasteiger charge is 2.23. The van der Waals surface area contributed by atoms with Crippen molar-refractivity contribution in [2.24, 2.45) is 5.92 Å². The van der Waals surface area contributed by atoms with E-state index >= 15 is 0 Å². The molecule has 0 aliphatic carbocycles. The third kappa shape index (κ3) is 3.16. The molecule has 0 spiro atoms. The normalized spacial score (nSPS) is 20.3. The number of carbonyl (C=O) groups is 1. The Labute approximate surface area is 115 Å². The monoisotopic (exact) mass is 260 g/mol. The molecule has 0 radical (unpaired) electrons. The maximum absolute atomic E-state index is 12.4. The van der Waals surface area contributed by atoms with Crippen molar-refractivity contribution in [3.8, 4) is 0 Å². The van der Waals surface area contributed by atoms with Gasteiger partial charge in [-0.1, -0.05) is 17.7 Å². The van der Waals surface area contributed by atoms with Gasteiger partial charge in [-0.15, -0.1) is 0 Å². The van der Waals surface area contributed by atoms with Gasteiger partial charge in [0.25, 0.3) is 5.91 Å². The average molecular weight is 260 g/mol. The molecule has 2 atom stereocenters. The second kappa shape index (κ2) is 5.74. The first-order valence-corrected chi connectivity index (χ1v) is 7.08. The number of aryl methyl sites for hydroxylation is 3. The molecule has 0 saturated carbocycles. The summed E-state index contributed by atoms with van der Waals surface area (Å²) < 4.78 is 0. The Balaban J connectivity index is 2.11. The van der Waals surface area contributed by atoms with Crippen LogP contribution in [0.15, 0.2) is 12.1 Å². The van der Waals surface area contributed by atoms with Gasteiger partial charge >= 0.3 is 0 Å². The molecule has 3 heteroatoms. The van der Waals surface area contributed by atoms with Crippen molar-refractivity contribution in [1.29, 1.82) is 0 Å². The topological polar surface area (TPSA) is 41.1 Å². The van der Waals surface area contributed by atoms with Gasteiger partial charge in [-0.2, -0.15) is 0 Å². The van der Waals surface area contributed by atoms with Crippen LogP contribution in [0.3, 0.4) is 0 Å². The smallest absolute Gasteiger partial charge is 0.252 e. The summed E-state index contributed by atoms with van der Waals surface area (Å²) in [5.41, 5.74) is 4.17. The summed E-state index contributed by atoms with van der Waals surface area (Å²) in [7, 11) is 0. The maximum Gasteiger partial charge on any atom is 0.252 e. The van der Waals surface area contributed by atoms with Crippen molar-refractivity contribution in [3.05, 3.63) is 34.4 Å². The van der Waals surface area contributed by atoms with E-state index in [1.165, 1.54) is 5.56 Å². The van der Waals surface area contributed by atoms with Crippen molar-refractivity contribution in [1.82, 2.24) is 10.6 Å². The summed E-state index contributed by atoms with van der Waals surface area (Å²) in [5.74, 6) is 0.615. The van der Waals surface area contributed by atoms with Crippen LogP contribution in [-0.4, -0.2) is 25.0 Å². The minimum absolute atomic E-state index is 0.0643. The molecule has 104 valence electrons. The Morgan fingerprint density at radius 2 is 1.95 bits per heavy atom. The quantitative estimate of drug-likeness (QED) is 0.876. The molecule has 1 heterocycles. The standard InChI is InChI=1S/C16H24N2O/c1-10-7-11(2)15(12(3)8-10)16(19)18-13(4)14-5-6-17-9-14/h7-8,13-14,17H,5-6,9H2,1-4H3,(H,18,19). The molecular formula is C16H24N2O. The van der Waals surface area contributed by atoms with Gasteiger partial charge in [-0.25, -0.2) is 0 Å². The number of hydrogen-bond donors (Lipinski definition) is 2. The molecule has 3 nitrogen and oxygen atoms in total. The molecule has 19 heavy (non-hydrogen) atoms. The van der Waals surface area contributed by atoms with Gasteiger partial charge in [0.2, 0.25) is 0 Å². The van der Waals surface area contributed by atoms with E-state index < -0.39 is 0 Å². The summed E-state index contributed by atoms with van der Waals surface area (Å²) in [6.45, 7) is 10.3. The molecule has 0 bridgehead atoms. The summed E-state index contributed by atoms with van der Waals surface area (Å²) in [6, 6.07) is 4.37. The summed E-state index contributed by atoms with van der Waals surface area (Å²) in [6.07, 6.45) is 1.15. The lowest BCUT2D eigenvalue weighted by atomic mass is 9.97. The van der Waals surface area contributed by atoms with Crippen molar-refractivity contribution in [2.75, 3.05) is 13.1 Å². The van der Waals surface area contributed by atoms with Crippen LogP contribution in [0, 0.1) is 26.7 Å². The molecule has 1 aliphatic rings. The number of benzene rings is 1. The lowest BCUT2D eigenvalue weighted by molar-refractivity contribution is 0.0927. The predicted octanol–water partition coefficient (Wildman–Crippen LogP) is 2.34. The third-order valence-corrected chi connectivity index (χ3v) is 4.07. The predicted molar refractivity (Wildman–Crippen MR) is 78.6 cm³/mol. The first-order chi connectivity index (χ1) is 8.99. The molecule has 1 saturated heterocycles. The zero-order valence-corrected chi connectivity index (χ0v) is 12.3. The van der Waals surface area contributed by atoms with E-state index in [9.17, 15) is 4.79 Å². The van der Waals surface area contributed by atoms with Crippen LogP contribution < -0.4 is 10.6 Å². The van der Waals surface area contributed by atoms with Crippen molar-refractivity contribution in [2.45, 2.75) is 40.2 Å². The van der Waals surface area contributed by atoms with E-state index in [1.54, 1.807) is 0 Å². The Bertz CT molecular complexity index is 453. The molecule has 2 unspecified atom stereocenters. The largest absolute Gasteiger partial charge is 0.349 e. The van der Waals surface area contributed by atoms with Crippen molar-refractivity contribution >= 4 is 5.91 Å². The molecule has 2 N–H and O–H groups in total. The highest BCUT2D eigenvalue weighted by Crippen LogP contribution is 2.18. The Morgan fingerprint density at radius 1 is 1.32 bits per heavy atom. The van der Waals surface area contributed by atoms with E-state index in [1.807, 2.05) is 13.8 Å². The maximum atomic E-state index is 12.4. The highest BCUT2D eigenvalue weighted by molar-refractivity contribution is 5.97. The summed E-state index contributed by atoms with van der Waals surface area (Å²) in [4.78, 5) is 12.4. The Hall–Kier alpha value is -1.35. The second-order valence-electron chi connectivity index (χ2n) is 5.79. The van der Waals surface area contributed by atoms with E-state index in [0.29, 0.717) is 5.92 Å². The molecule has 1 fully saturated rings. The Morgan fingerprint density at radius 3 is 2.47 bits per heavy atom. The van der Waals surface area contributed by atoms with E-state index in [-0.39, 0.29) is 11.9 Å². The Kier molecular flexibility index (Phi) is 4.25. The number of carbonyl (C=O) groups excluding carboxylic acids is 1. The van der Waals surface area contributed by atoms with Gasteiger partial charge in [0.1, 0.15) is 0 Å². The lowest BCUT2D eigenvalue weighted by Gasteiger charge is -2.21. The zero-order chi connectivity index (χ0) is 14.0. The number of hydrogen-bond acceptors (Lipinski definition) is 2. The van der Waals surface area contributed by atoms with E-state index in [4.69, 9.17) is 0 Å². The van der Waals surface area contributed by atoms with Crippen molar-refractivity contribution < 1.29 is 4.79 Å². The average Bonchev–Trinajstić information content (AvgIpc) is 2.80. The summed E-state index contributed by atoms with van der Waals surface area (Å²) in [5, 5.41) is 6.51. The van der Waals surface area contributed by atoms with E-state index in [2.05, 4.69) is 36.6 Å². The minimum Gasteiger partial charge on any atom is -0.349 e. The molecule has 0 aromatic heterocycles. The molecule has 1 aliphatic heterocycles. The van der Waals surface area contributed by atoms with Crippen LogP contribution in [0.2, 0.25) is 0 Å². The molecular weight excluding hydrogens is 236 g/mol. The van der Waals surface area contributed by atoms with Crippen LogP contribution in [0.25, 0.3) is 0 Å². The SMILES string of the molecule is Cc1cc(C)c(C(=O)NC(C)C2CCNC2)c(C)c1. The van der Waals surface area contributed by atoms with Gasteiger partial charge in [-0.3, -0.25) is 4.79 Å². The summed E-state index contributed by atoms with van der Waals surface area (Å²) >= 11 is 0. The minimum atomic E-state index is 0.0643. The fraction of sp³-hybridized carbons (Fsp3) is 0.562. The lowest BCUT2D eigenvalue weighted by Crippen LogP contribution is -2.39. The third-order valence-electron chi connectivity index (χ3n) is 4.07. The van der Waals surface area contributed by atoms with Crippen LogP contribution in [-0.2, 0) is 0 Å². The zero-order valence-electron chi connectivity index (χ0n) is 12.3. The fourth-order valence-corrected chi connectivity index (χ4v) is 3.04. The van der Waals surface area contributed by atoms with Crippen LogP contribution in [0.1, 0.15) is 40.4 Å². The van der Waals surface area contributed by atoms with Gasteiger partial charge in [0, 0.05) is 11.6 Å². The number of amides is 1. The van der Waals surface area contributed by atoms with Gasteiger partial charge in [0.15, 0.2) is 0 Å². The van der Waals surface area contributed by atoms with E-state index in [0.717, 1.165) is 36.2 Å². The van der Waals surface area contributed by atoms with Crippen molar-refractivity contribution in [3.63, 3.8) is 0 Å². The van der Waals surface area contributed by atoms with Gasteiger partial charge in [0.05, 0.1) is 0 Å². The van der Waals surface area contributed by atoms with Crippen LogP contribution in [0.4, 0.5) is 0 Å². The molecule has 2 rings (SSSR count). The molecule has 1 aromatic carbocycles. The van der Waals surface area contributed by atoms with Gasteiger partial charge < -0.3 is 10.6 Å².